The maximum absolute atomic E-state index is 14.1. The third-order valence-corrected chi connectivity index (χ3v) is 4.93. The number of benzene rings is 2. The largest absolute Gasteiger partial charge is 0.326 e. The highest BCUT2D eigenvalue weighted by molar-refractivity contribution is 9.10. The molecule has 2 aromatic rings. The highest BCUT2D eigenvalue weighted by Crippen LogP contribution is 2.32. The molecule has 2 rings (SSSR count). The Balaban J connectivity index is 2.17. The molecule has 0 spiro atoms. The quantitative estimate of drug-likeness (QED) is 0.820. The van der Waals surface area contributed by atoms with E-state index in [1.54, 1.807) is 6.07 Å². The van der Waals surface area contributed by atoms with Crippen LogP contribution in [0, 0.1) is 12.7 Å². The number of thioether (sulfide) groups is 1. The summed E-state index contributed by atoms with van der Waals surface area (Å²) in [7, 11) is 0. The van der Waals surface area contributed by atoms with E-state index in [0.29, 0.717) is 15.9 Å². The van der Waals surface area contributed by atoms with Crippen LogP contribution < -0.4 is 5.73 Å². The van der Waals surface area contributed by atoms with Gasteiger partial charge >= 0.3 is 0 Å². The number of nitrogens with two attached hydrogens (primary N) is 1. The molecule has 0 fully saturated rings. The van der Waals surface area contributed by atoms with Gasteiger partial charge in [-0.1, -0.05) is 30.3 Å². The van der Waals surface area contributed by atoms with Crippen LogP contribution in [0.3, 0.4) is 0 Å². The molecule has 0 saturated carbocycles. The first kappa shape index (κ1) is 14.6. The van der Waals surface area contributed by atoms with Gasteiger partial charge in [-0.05, 0) is 45.6 Å². The topological polar surface area (TPSA) is 26.0 Å². The van der Waals surface area contributed by atoms with Gasteiger partial charge in [-0.25, -0.2) is 4.39 Å². The smallest absolute Gasteiger partial charge is 0.151 e. The van der Waals surface area contributed by atoms with E-state index in [-0.39, 0.29) is 5.82 Å². The van der Waals surface area contributed by atoms with Gasteiger partial charge in [0.2, 0.25) is 0 Å². The van der Waals surface area contributed by atoms with Crippen LogP contribution in [0.5, 0.6) is 0 Å². The van der Waals surface area contributed by atoms with Crippen molar-refractivity contribution in [2.45, 2.75) is 24.1 Å². The lowest BCUT2D eigenvalue weighted by atomic mass is 10.1. The molecule has 0 aliphatic carbocycles. The highest BCUT2D eigenvalue weighted by atomic mass is 79.9. The molecule has 2 N–H and O–H groups in total. The van der Waals surface area contributed by atoms with Gasteiger partial charge in [0.15, 0.2) is 5.82 Å². The fourth-order valence-electron chi connectivity index (χ4n) is 1.77. The zero-order valence-electron chi connectivity index (χ0n) is 10.6. The van der Waals surface area contributed by atoms with Gasteiger partial charge in [-0.15, -0.1) is 11.8 Å². The minimum Gasteiger partial charge on any atom is -0.326 e. The summed E-state index contributed by atoms with van der Waals surface area (Å²) in [5.41, 5.74) is 8.80. The average Bonchev–Trinajstić information content (AvgIpc) is 2.42. The van der Waals surface area contributed by atoms with Gasteiger partial charge < -0.3 is 5.73 Å². The predicted octanol–water partition coefficient (Wildman–Crippen LogP) is 4.65. The first-order valence-corrected chi connectivity index (χ1v) is 7.75. The molecular weight excluding hydrogens is 325 g/mol. The number of hydrogen-bond acceptors (Lipinski definition) is 2. The van der Waals surface area contributed by atoms with E-state index >= 15 is 0 Å². The minimum absolute atomic E-state index is 0.221. The zero-order valence-corrected chi connectivity index (χ0v) is 13.0. The molecule has 0 amide bonds. The molecule has 1 nitrogen and oxygen atoms in total. The molecule has 0 radical (unpaired) electrons. The minimum atomic E-state index is -0.221. The Hall–Kier alpha value is -0.840. The van der Waals surface area contributed by atoms with Crippen LogP contribution in [0.2, 0.25) is 0 Å². The maximum atomic E-state index is 14.1. The van der Waals surface area contributed by atoms with Gasteiger partial charge in [0.05, 0.1) is 4.47 Å². The third kappa shape index (κ3) is 3.38. The van der Waals surface area contributed by atoms with Crippen molar-refractivity contribution in [1.29, 1.82) is 0 Å². The van der Waals surface area contributed by atoms with E-state index in [4.69, 9.17) is 5.73 Å². The fraction of sp³-hybridized carbons (Fsp3) is 0.200. The van der Waals surface area contributed by atoms with Gasteiger partial charge in [0.25, 0.3) is 0 Å². The summed E-state index contributed by atoms with van der Waals surface area (Å²) in [5, 5.41) is 0. The molecule has 0 unspecified atom stereocenters. The second-order valence-electron chi connectivity index (χ2n) is 4.27. The summed E-state index contributed by atoms with van der Waals surface area (Å²) < 4.78 is 14.6. The molecule has 0 bridgehead atoms. The van der Waals surface area contributed by atoms with Crippen LogP contribution in [0.25, 0.3) is 0 Å². The van der Waals surface area contributed by atoms with Crippen molar-refractivity contribution in [1.82, 2.24) is 0 Å². The summed E-state index contributed by atoms with van der Waals surface area (Å²) >= 11 is 4.77. The molecule has 0 aliphatic heterocycles. The van der Waals surface area contributed by atoms with Gasteiger partial charge in [-0.3, -0.25) is 0 Å². The van der Waals surface area contributed by atoms with Crippen LogP contribution >= 0.6 is 27.7 Å². The molecule has 0 aliphatic rings. The lowest BCUT2D eigenvalue weighted by Gasteiger charge is -2.09. The Morgan fingerprint density at radius 1 is 1.16 bits per heavy atom. The molecule has 4 heteroatoms. The summed E-state index contributed by atoms with van der Waals surface area (Å²) in [5.74, 6) is 0.541. The lowest BCUT2D eigenvalue weighted by molar-refractivity contribution is 0.592. The average molecular weight is 340 g/mol. The van der Waals surface area contributed by atoms with E-state index in [2.05, 4.69) is 35.0 Å². The van der Waals surface area contributed by atoms with E-state index in [9.17, 15) is 4.39 Å². The molecule has 19 heavy (non-hydrogen) atoms. The first-order valence-electron chi connectivity index (χ1n) is 5.97. The predicted molar refractivity (Wildman–Crippen MR) is 82.7 cm³/mol. The molecular formula is C15H15BrFNS. The number of hydrogen-bond donors (Lipinski definition) is 1. The molecule has 0 heterocycles. The van der Waals surface area contributed by atoms with Gasteiger partial charge in [-0.2, -0.15) is 0 Å². The van der Waals surface area contributed by atoms with Crippen LogP contribution in [-0.2, 0) is 12.3 Å². The molecule has 2 aromatic carbocycles. The van der Waals surface area contributed by atoms with Crippen molar-refractivity contribution in [3.63, 3.8) is 0 Å². The van der Waals surface area contributed by atoms with Crippen LogP contribution in [0.4, 0.5) is 4.39 Å². The van der Waals surface area contributed by atoms with Crippen molar-refractivity contribution in [3.05, 3.63) is 63.4 Å². The first-order chi connectivity index (χ1) is 9.13. The Morgan fingerprint density at radius 2 is 1.89 bits per heavy atom. The summed E-state index contributed by atoms with van der Waals surface area (Å²) in [6.07, 6.45) is 0. The van der Waals surface area contributed by atoms with Crippen LogP contribution in [-0.4, -0.2) is 0 Å². The Bertz CT molecular complexity index is 586. The molecule has 0 aromatic heterocycles. The van der Waals surface area contributed by atoms with Crippen LogP contribution in [0.1, 0.15) is 16.7 Å². The summed E-state index contributed by atoms with van der Waals surface area (Å²) in [6.45, 7) is 2.40. The second kappa shape index (κ2) is 6.55. The molecule has 0 atom stereocenters. The van der Waals surface area contributed by atoms with Crippen molar-refractivity contribution in [3.8, 4) is 0 Å². The zero-order chi connectivity index (χ0) is 13.8. The fourth-order valence-corrected chi connectivity index (χ4v) is 3.44. The van der Waals surface area contributed by atoms with E-state index in [0.717, 1.165) is 11.3 Å². The SMILES string of the molecule is Cc1ccccc1CSc1ccc(CN)c(Br)c1F. The van der Waals surface area contributed by atoms with Crippen LogP contribution in [0.15, 0.2) is 45.8 Å². The van der Waals surface area contributed by atoms with Crippen molar-refractivity contribution < 1.29 is 4.39 Å². The van der Waals surface area contributed by atoms with E-state index in [1.807, 2.05) is 18.2 Å². The lowest BCUT2D eigenvalue weighted by Crippen LogP contribution is -1.99. The van der Waals surface area contributed by atoms with Gasteiger partial charge in [0.1, 0.15) is 0 Å². The highest BCUT2D eigenvalue weighted by Gasteiger charge is 2.11. The summed E-state index contributed by atoms with van der Waals surface area (Å²) in [6, 6.07) is 11.8. The number of halogens is 2. The number of rotatable bonds is 4. The van der Waals surface area contributed by atoms with E-state index in [1.165, 1.54) is 22.9 Å². The number of aryl methyl sites for hydroxylation is 1. The molecule has 100 valence electrons. The van der Waals surface area contributed by atoms with Crippen molar-refractivity contribution in [2.24, 2.45) is 5.73 Å². The Labute approximate surface area is 125 Å². The van der Waals surface area contributed by atoms with Crippen molar-refractivity contribution in [2.75, 3.05) is 0 Å². The van der Waals surface area contributed by atoms with Crippen molar-refractivity contribution >= 4 is 27.7 Å². The standard InChI is InChI=1S/C15H15BrFNS/c1-10-4-2-3-5-12(10)9-19-13-7-6-11(8-18)14(16)15(13)17/h2-7H,8-9,18H2,1H3. The monoisotopic (exact) mass is 339 g/mol. The second-order valence-corrected chi connectivity index (χ2v) is 6.08. The Morgan fingerprint density at radius 3 is 2.58 bits per heavy atom. The van der Waals surface area contributed by atoms with E-state index < -0.39 is 0 Å². The normalized spacial score (nSPS) is 10.7. The maximum Gasteiger partial charge on any atom is 0.151 e. The third-order valence-electron chi connectivity index (χ3n) is 2.99. The van der Waals surface area contributed by atoms with Gasteiger partial charge in [0, 0.05) is 17.2 Å². The molecule has 0 saturated heterocycles. The summed E-state index contributed by atoms with van der Waals surface area (Å²) in [4.78, 5) is 0.646. The Kier molecular flexibility index (Phi) is 5.02.